The molecule has 2 heterocycles. The average Bonchev–Trinajstić information content (AvgIpc) is 2.62. The number of nitrogens with one attached hydrogen (secondary N) is 1. The van der Waals surface area contributed by atoms with Crippen molar-refractivity contribution in [3.05, 3.63) is 33.3 Å². The molecule has 9 heteroatoms. The number of carbonyl (C=O) groups excluding carboxylic acids is 1. The Morgan fingerprint density at radius 3 is 2.54 bits per heavy atom. The summed E-state index contributed by atoms with van der Waals surface area (Å²) in [4.78, 5) is 27.2. The van der Waals surface area contributed by atoms with Gasteiger partial charge in [0.25, 0.3) is 5.69 Å². The van der Waals surface area contributed by atoms with Crippen LogP contribution in [0, 0.1) is 16.0 Å². The van der Waals surface area contributed by atoms with Crippen LogP contribution in [0.4, 0.5) is 16.2 Å². The number of anilines is 1. The van der Waals surface area contributed by atoms with Crippen molar-refractivity contribution in [2.45, 2.75) is 38.9 Å². The lowest BCUT2D eigenvalue weighted by Gasteiger charge is -2.39. The molecule has 0 aliphatic carbocycles. The summed E-state index contributed by atoms with van der Waals surface area (Å²) in [6.45, 7) is 8.54. The van der Waals surface area contributed by atoms with Gasteiger partial charge in [-0.1, -0.05) is 11.6 Å². The van der Waals surface area contributed by atoms with Crippen LogP contribution in [0.3, 0.4) is 0 Å². The summed E-state index contributed by atoms with van der Waals surface area (Å²) < 4.78 is 5.79. The molecule has 0 saturated carbocycles. The van der Waals surface area contributed by atoms with Gasteiger partial charge in [0, 0.05) is 44.5 Å². The zero-order valence-corrected chi connectivity index (χ0v) is 17.0. The van der Waals surface area contributed by atoms with Crippen molar-refractivity contribution in [1.82, 2.24) is 9.80 Å². The van der Waals surface area contributed by atoms with Crippen LogP contribution < -0.4 is 5.32 Å². The number of urea groups is 1. The Balaban J connectivity index is 1.49. The van der Waals surface area contributed by atoms with E-state index in [1.54, 1.807) is 11.0 Å². The van der Waals surface area contributed by atoms with Gasteiger partial charge in [0.05, 0.1) is 17.1 Å². The van der Waals surface area contributed by atoms with Gasteiger partial charge in [0.2, 0.25) is 0 Å². The Kier molecular flexibility index (Phi) is 6.74. The Hall–Kier alpha value is -1.90. The third-order valence-corrected chi connectivity index (χ3v) is 5.63. The second-order valence-electron chi connectivity index (χ2n) is 7.76. The molecule has 2 aliphatic heterocycles. The standard InChI is InChI=1S/C19H27ClN4O4/c1-13-10-22(11-14(2)28-13)12-15-5-7-23(8-6-15)19(25)21-16-3-4-17(20)18(9-16)24(26)27/h3-4,9,13-15H,5-8,10-12H2,1-2H3,(H,21,25). The van der Waals surface area contributed by atoms with Crippen LogP contribution in [-0.4, -0.2) is 65.7 Å². The predicted octanol–water partition coefficient (Wildman–Crippen LogP) is 3.60. The number of benzene rings is 1. The first-order valence-corrected chi connectivity index (χ1v) is 10.1. The molecule has 0 radical (unpaired) electrons. The van der Waals surface area contributed by atoms with Gasteiger partial charge in [-0.05, 0) is 44.7 Å². The largest absolute Gasteiger partial charge is 0.373 e. The number of rotatable bonds is 4. The highest BCUT2D eigenvalue weighted by molar-refractivity contribution is 6.32. The number of nitro benzene ring substituents is 1. The van der Waals surface area contributed by atoms with E-state index in [9.17, 15) is 14.9 Å². The maximum absolute atomic E-state index is 12.5. The van der Waals surface area contributed by atoms with E-state index in [0.717, 1.165) is 32.5 Å². The molecule has 1 aromatic carbocycles. The first-order chi connectivity index (χ1) is 13.3. The van der Waals surface area contributed by atoms with Gasteiger partial charge in [0.15, 0.2) is 0 Å². The van der Waals surface area contributed by atoms with E-state index in [1.165, 1.54) is 12.1 Å². The first-order valence-electron chi connectivity index (χ1n) is 9.69. The Bertz CT molecular complexity index is 714. The van der Waals surface area contributed by atoms with Crippen molar-refractivity contribution in [3.63, 3.8) is 0 Å². The molecular weight excluding hydrogens is 384 g/mol. The smallest absolute Gasteiger partial charge is 0.321 e. The molecule has 2 unspecified atom stereocenters. The lowest BCUT2D eigenvalue weighted by atomic mass is 9.96. The fourth-order valence-electron chi connectivity index (χ4n) is 4.05. The number of amides is 2. The number of hydrogen-bond acceptors (Lipinski definition) is 5. The molecule has 8 nitrogen and oxygen atoms in total. The van der Waals surface area contributed by atoms with Crippen LogP contribution in [0.25, 0.3) is 0 Å². The van der Waals surface area contributed by atoms with Crippen molar-refractivity contribution < 1.29 is 14.5 Å². The molecule has 3 rings (SSSR count). The molecule has 154 valence electrons. The van der Waals surface area contributed by atoms with E-state index < -0.39 is 4.92 Å². The van der Waals surface area contributed by atoms with Crippen LogP contribution in [0.1, 0.15) is 26.7 Å². The maximum Gasteiger partial charge on any atom is 0.321 e. The number of nitrogens with zero attached hydrogens (tertiary/aromatic N) is 3. The number of carbonyl (C=O) groups is 1. The van der Waals surface area contributed by atoms with E-state index >= 15 is 0 Å². The van der Waals surface area contributed by atoms with Crippen molar-refractivity contribution >= 4 is 29.0 Å². The Morgan fingerprint density at radius 1 is 1.29 bits per heavy atom. The van der Waals surface area contributed by atoms with E-state index in [-0.39, 0.29) is 28.9 Å². The lowest BCUT2D eigenvalue weighted by molar-refractivity contribution is -0.384. The summed E-state index contributed by atoms with van der Waals surface area (Å²) in [6, 6.07) is 4.05. The molecular formula is C19H27ClN4O4. The van der Waals surface area contributed by atoms with Crippen LogP contribution in [0.15, 0.2) is 18.2 Å². The summed E-state index contributed by atoms with van der Waals surface area (Å²) in [5.41, 5.74) is 0.159. The topological polar surface area (TPSA) is 88.0 Å². The van der Waals surface area contributed by atoms with Gasteiger partial charge in [-0.25, -0.2) is 4.79 Å². The number of ether oxygens (including phenoxy) is 1. The summed E-state index contributed by atoms with van der Waals surface area (Å²) in [6.07, 6.45) is 2.43. The number of likely N-dealkylation sites (tertiary alicyclic amines) is 1. The molecule has 2 aliphatic rings. The number of morpholine rings is 1. The zero-order valence-electron chi connectivity index (χ0n) is 16.3. The molecule has 28 heavy (non-hydrogen) atoms. The second kappa shape index (κ2) is 9.07. The average molecular weight is 411 g/mol. The fraction of sp³-hybridized carbons (Fsp3) is 0.632. The molecule has 2 atom stereocenters. The maximum atomic E-state index is 12.5. The molecule has 0 aromatic heterocycles. The molecule has 2 saturated heterocycles. The highest BCUT2D eigenvalue weighted by atomic mass is 35.5. The monoisotopic (exact) mass is 410 g/mol. The minimum Gasteiger partial charge on any atom is -0.373 e. The number of hydrogen-bond donors (Lipinski definition) is 1. The summed E-state index contributed by atoms with van der Waals surface area (Å²) >= 11 is 5.81. The summed E-state index contributed by atoms with van der Waals surface area (Å²) in [5, 5.41) is 13.8. The molecule has 0 bridgehead atoms. The van der Waals surface area contributed by atoms with Gasteiger partial charge in [0.1, 0.15) is 5.02 Å². The highest BCUT2D eigenvalue weighted by Crippen LogP contribution is 2.28. The number of halogens is 1. The van der Waals surface area contributed by atoms with Crippen LogP contribution in [0.2, 0.25) is 5.02 Å². The minimum absolute atomic E-state index is 0.0514. The fourth-order valence-corrected chi connectivity index (χ4v) is 4.24. The first kappa shape index (κ1) is 20.8. The lowest BCUT2D eigenvalue weighted by Crippen LogP contribution is -2.49. The number of nitro groups is 1. The van der Waals surface area contributed by atoms with Crippen LogP contribution in [0.5, 0.6) is 0 Å². The van der Waals surface area contributed by atoms with E-state index in [4.69, 9.17) is 16.3 Å². The second-order valence-corrected chi connectivity index (χ2v) is 8.17. The molecule has 2 amide bonds. The van der Waals surface area contributed by atoms with Crippen LogP contribution in [-0.2, 0) is 4.74 Å². The molecule has 0 spiro atoms. The van der Waals surface area contributed by atoms with Crippen molar-refractivity contribution in [2.24, 2.45) is 5.92 Å². The molecule has 2 fully saturated rings. The van der Waals surface area contributed by atoms with Gasteiger partial charge in [-0.3, -0.25) is 15.0 Å². The minimum atomic E-state index is -0.559. The van der Waals surface area contributed by atoms with Gasteiger partial charge in [-0.2, -0.15) is 0 Å². The van der Waals surface area contributed by atoms with Gasteiger partial charge >= 0.3 is 6.03 Å². The van der Waals surface area contributed by atoms with Gasteiger partial charge in [-0.15, -0.1) is 0 Å². The molecule has 1 aromatic rings. The van der Waals surface area contributed by atoms with Gasteiger partial charge < -0.3 is 15.0 Å². The SMILES string of the molecule is CC1CN(CC2CCN(C(=O)Nc3ccc(Cl)c([N+](=O)[O-])c3)CC2)CC(C)O1. The van der Waals surface area contributed by atoms with Crippen molar-refractivity contribution in [1.29, 1.82) is 0 Å². The summed E-state index contributed by atoms with van der Waals surface area (Å²) in [7, 11) is 0. The Labute approximate surface area is 169 Å². The zero-order chi connectivity index (χ0) is 20.3. The predicted molar refractivity (Wildman–Crippen MR) is 108 cm³/mol. The highest BCUT2D eigenvalue weighted by Gasteiger charge is 2.28. The van der Waals surface area contributed by atoms with E-state index in [0.29, 0.717) is 24.7 Å². The van der Waals surface area contributed by atoms with E-state index in [1.807, 2.05) is 0 Å². The number of piperidine rings is 1. The summed E-state index contributed by atoms with van der Waals surface area (Å²) in [5.74, 6) is 0.568. The normalized spacial score (nSPS) is 24.2. The third-order valence-electron chi connectivity index (χ3n) is 5.31. The van der Waals surface area contributed by atoms with Crippen molar-refractivity contribution in [3.8, 4) is 0 Å². The molecule has 1 N–H and O–H groups in total. The van der Waals surface area contributed by atoms with Crippen molar-refractivity contribution in [2.75, 3.05) is 38.0 Å². The third kappa shape index (κ3) is 5.33. The Morgan fingerprint density at radius 2 is 1.93 bits per heavy atom. The van der Waals surface area contributed by atoms with E-state index in [2.05, 4.69) is 24.1 Å². The van der Waals surface area contributed by atoms with Crippen LogP contribution >= 0.6 is 11.6 Å². The quantitative estimate of drug-likeness (QED) is 0.605.